The van der Waals surface area contributed by atoms with Crippen molar-refractivity contribution in [3.63, 3.8) is 0 Å². The van der Waals surface area contributed by atoms with Gasteiger partial charge in [-0.15, -0.1) is 0 Å². The summed E-state index contributed by atoms with van der Waals surface area (Å²) in [6, 6.07) is 2.94. The topological polar surface area (TPSA) is 42.7 Å². The molecule has 4 nitrogen and oxygen atoms in total. The van der Waals surface area contributed by atoms with Crippen LogP contribution >= 0.6 is 0 Å². The van der Waals surface area contributed by atoms with Crippen molar-refractivity contribution in [3.8, 4) is 0 Å². The van der Waals surface area contributed by atoms with Crippen molar-refractivity contribution in [2.45, 2.75) is 25.8 Å². The average molecular weight is 262 g/mol. The molecule has 1 N–H and O–H groups in total. The van der Waals surface area contributed by atoms with Gasteiger partial charge in [0, 0.05) is 19.4 Å². The molecule has 5 heteroatoms. The number of aromatic nitrogens is 3. The van der Waals surface area contributed by atoms with E-state index >= 15 is 0 Å². The van der Waals surface area contributed by atoms with E-state index in [1.807, 2.05) is 19.4 Å². The Labute approximate surface area is 112 Å². The highest BCUT2D eigenvalue weighted by atomic mass is 19.1. The first-order chi connectivity index (χ1) is 9.20. The highest BCUT2D eigenvalue weighted by Gasteiger charge is 2.17. The fraction of sp³-hybridized carbons (Fsp3) is 0.429. The first-order valence-electron chi connectivity index (χ1n) is 6.52. The summed E-state index contributed by atoms with van der Waals surface area (Å²) in [5, 5.41) is 7.49. The summed E-state index contributed by atoms with van der Waals surface area (Å²) in [6.07, 6.45) is 7.06. The molecule has 0 bridgehead atoms. The van der Waals surface area contributed by atoms with Crippen LogP contribution in [-0.2, 0) is 13.5 Å². The second-order valence-electron chi connectivity index (χ2n) is 4.60. The normalized spacial score (nSPS) is 12.6. The molecule has 1 unspecified atom stereocenters. The molecule has 0 spiro atoms. The number of hydrogen-bond acceptors (Lipinski definition) is 3. The number of pyridine rings is 1. The van der Waals surface area contributed by atoms with Crippen LogP contribution in [-0.4, -0.2) is 21.3 Å². The van der Waals surface area contributed by atoms with Crippen molar-refractivity contribution >= 4 is 0 Å². The number of rotatable bonds is 6. The molecule has 2 heterocycles. The van der Waals surface area contributed by atoms with Gasteiger partial charge in [-0.05, 0) is 37.1 Å². The first-order valence-corrected chi connectivity index (χ1v) is 6.52. The van der Waals surface area contributed by atoms with E-state index in [4.69, 9.17) is 0 Å². The Balaban J connectivity index is 2.18. The van der Waals surface area contributed by atoms with E-state index < -0.39 is 0 Å². The summed E-state index contributed by atoms with van der Waals surface area (Å²) < 4.78 is 15.6. The predicted molar refractivity (Wildman–Crippen MR) is 72.1 cm³/mol. The molecule has 0 fully saturated rings. The number of nitrogens with one attached hydrogen (secondary N) is 1. The smallest absolute Gasteiger partial charge is 0.146 e. The van der Waals surface area contributed by atoms with E-state index in [9.17, 15) is 4.39 Å². The fourth-order valence-corrected chi connectivity index (χ4v) is 2.05. The molecular formula is C14H19FN4. The van der Waals surface area contributed by atoms with E-state index in [0.717, 1.165) is 18.5 Å². The molecule has 0 radical (unpaired) electrons. The Bertz CT molecular complexity index is 524. The van der Waals surface area contributed by atoms with E-state index in [1.165, 1.54) is 6.07 Å². The lowest BCUT2D eigenvalue weighted by Crippen LogP contribution is -2.25. The molecule has 2 aromatic rings. The Kier molecular flexibility index (Phi) is 4.63. The van der Waals surface area contributed by atoms with Crippen LogP contribution in [0.15, 0.2) is 30.7 Å². The molecule has 1 atom stereocenters. The van der Waals surface area contributed by atoms with Crippen molar-refractivity contribution in [1.82, 2.24) is 20.1 Å². The molecule has 2 aromatic heterocycles. The van der Waals surface area contributed by atoms with Crippen LogP contribution in [0.2, 0.25) is 0 Å². The van der Waals surface area contributed by atoms with E-state index in [2.05, 4.69) is 22.3 Å². The average Bonchev–Trinajstić information content (AvgIpc) is 2.81. The maximum atomic E-state index is 13.9. The summed E-state index contributed by atoms with van der Waals surface area (Å²) in [6.45, 7) is 2.92. The summed E-state index contributed by atoms with van der Waals surface area (Å²) in [4.78, 5) is 4.17. The quantitative estimate of drug-likeness (QED) is 0.868. The summed E-state index contributed by atoms with van der Waals surface area (Å²) in [7, 11) is 1.87. The molecule has 0 aliphatic heterocycles. The minimum Gasteiger partial charge on any atom is -0.308 e. The van der Waals surface area contributed by atoms with Crippen LogP contribution in [0.25, 0.3) is 0 Å². The maximum absolute atomic E-state index is 13.9. The molecule has 19 heavy (non-hydrogen) atoms. The van der Waals surface area contributed by atoms with Gasteiger partial charge in [0.05, 0.1) is 17.9 Å². The van der Waals surface area contributed by atoms with Crippen LogP contribution < -0.4 is 5.32 Å². The first kappa shape index (κ1) is 13.7. The third-order valence-electron chi connectivity index (χ3n) is 2.96. The Morgan fingerprint density at radius 3 is 2.95 bits per heavy atom. The van der Waals surface area contributed by atoms with Gasteiger partial charge in [-0.25, -0.2) is 4.39 Å². The van der Waals surface area contributed by atoms with Crippen molar-refractivity contribution < 1.29 is 4.39 Å². The van der Waals surface area contributed by atoms with Crippen LogP contribution in [0.3, 0.4) is 0 Å². The lowest BCUT2D eigenvalue weighted by molar-refractivity contribution is 0.483. The van der Waals surface area contributed by atoms with Gasteiger partial charge in [-0.3, -0.25) is 9.67 Å². The minimum atomic E-state index is -0.264. The summed E-state index contributed by atoms with van der Waals surface area (Å²) in [5.74, 6) is -0.264. The van der Waals surface area contributed by atoms with Gasteiger partial charge in [-0.1, -0.05) is 6.92 Å². The molecule has 102 valence electrons. The maximum Gasteiger partial charge on any atom is 0.146 e. The second-order valence-corrected chi connectivity index (χ2v) is 4.60. The molecule has 0 amide bonds. The zero-order valence-electron chi connectivity index (χ0n) is 11.3. The zero-order valence-corrected chi connectivity index (χ0v) is 11.3. The van der Waals surface area contributed by atoms with Crippen molar-refractivity contribution in [3.05, 3.63) is 47.8 Å². The largest absolute Gasteiger partial charge is 0.308 e. The van der Waals surface area contributed by atoms with Gasteiger partial charge in [0.15, 0.2) is 0 Å². The standard InChI is InChI=1S/C14H19FN4/c1-3-6-16-13(8-11-9-18-19(2)10-11)14-12(15)5-4-7-17-14/h4-5,7,9-10,13,16H,3,6,8H2,1-2H3. The lowest BCUT2D eigenvalue weighted by Gasteiger charge is -2.17. The van der Waals surface area contributed by atoms with Crippen molar-refractivity contribution in [2.24, 2.45) is 7.05 Å². The van der Waals surface area contributed by atoms with E-state index in [0.29, 0.717) is 12.1 Å². The third-order valence-corrected chi connectivity index (χ3v) is 2.96. The lowest BCUT2D eigenvalue weighted by atomic mass is 10.0. The summed E-state index contributed by atoms with van der Waals surface area (Å²) in [5.41, 5.74) is 1.54. The van der Waals surface area contributed by atoms with Gasteiger partial charge in [-0.2, -0.15) is 5.10 Å². The van der Waals surface area contributed by atoms with Crippen LogP contribution in [0.5, 0.6) is 0 Å². The third kappa shape index (κ3) is 3.61. The van der Waals surface area contributed by atoms with Crippen molar-refractivity contribution in [1.29, 1.82) is 0 Å². The number of nitrogens with zero attached hydrogens (tertiary/aromatic N) is 3. The zero-order chi connectivity index (χ0) is 13.7. The Morgan fingerprint density at radius 1 is 1.47 bits per heavy atom. The molecular weight excluding hydrogens is 243 g/mol. The second kappa shape index (κ2) is 6.43. The van der Waals surface area contributed by atoms with E-state index in [1.54, 1.807) is 16.9 Å². The fourth-order valence-electron chi connectivity index (χ4n) is 2.05. The number of hydrogen-bond donors (Lipinski definition) is 1. The van der Waals surface area contributed by atoms with Crippen LogP contribution in [0.4, 0.5) is 4.39 Å². The van der Waals surface area contributed by atoms with Gasteiger partial charge in [0.1, 0.15) is 5.82 Å². The molecule has 2 rings (SSSR count). The highest BCUT2D eigenvalue weighted by Crippen LogP contribution is 2.18. The van der Waals surface area contributed by atoms with Gasteiger partial charge >= 0.3 is 0 Å². The molecule has 0 saturated heterocycles. The monoisotopic (exact) mass is 262 g/mol. The molecule has 0 aliphatic rings. The Hall–Kier alpha value is -1.75. The van der Waals surface area contributed by atoms with E-state index in [-0.39, 0.29) is 11.9 Å². The van der Waals surface area contributed by atoms with Gasteiger partial charge in [0.2, 0.25) is 0 Å². The Morgan fingerprint density at radius 2 is 2.32 bits per heavy atom. The van der Waals surface area contributed by atoms with Crippen molar-refractivity contribution in [2.75, 3.05) is 6.54 Å². The molecule has 0 saturated carbocycles. The van der Waals surface area contributed by atoms with Crippen LogP contribution in [0.1, 0.15) is 30.6 Å². The predicted octanol–water partition coefficient (Wildman–Crippen LogP) is 2.24. The SMILES string of the molecule is CCCNC(Cc1cnn(C)c1)c1ncccc1F. The van der Waals surface area contributed by atoms with Gasteiger partial charge < -0.3 is 5.32 Å². The van der Waals surface area contributed by atoms with Crippen LogP contribution in [0, 0.1) is 5.82 Å². The summed E-state index contributed by atoms with van der Waals surface area (Å²) >= 11 is 0. The molecule has 0 aliphatic carbocycles. The number of halogens is 1. The number of aryl methyl sites for hydroxylation is 1. The minimum absolute atomic E-state index is 0.120. The molecule has 0 aromatic carbocycles. The highest BCUT2D eigenvalue weighted by molar-refractivity contribution is 5.16. The van der Waals surface area contributed by atoms with Gasteiger partial charge in [0.25, 0.3) is 0 Å².